The third-order valence-corrected chi connectivity index (χ3v) is 3.85. The number of aliphatic hydroxyl groups is 1. The topological polar surface area (TPSA) is 61.4 Å². The lowest BCUT2D eigenvalue weighted by Crippen LogP contribution is -2.35. The van der Waals surface area contributed by atoms with Gasteiger partial charge in [0.1, 0.15) is 0 Å². The number of hydrogen-bond donors (Lipinski definition) is 3. The number of amides is 1. The lowest BCUT2D eigenvalue weighted by molar-refractivity contribution is -0.123. The van der Waals surface area contributed by atoms with Crippen LogP contribution < -0.4 is 10.6 Å². The summed E-state index contributed by atoms with van der Waals surface area (Å²) in [6.45, 7) is 0.482. The van der Waals surface area contributed by atoms with Crippen LogP contribution in [0.4, 0.5) is 5.69 Å². The predicted octanol–water partition coefficient (Wildman–Crippen LogP) is 2.05. The Hall–Kier alpha value is -2.33. The van der Waals surface area contributed by atoms with Crippen molar-refractivity contribution in [2.24, 2.45) is 0 Å². The van der Waals surface area contributed by atoms with Crippen LogP contribution in [0.5, 0.6) is 0 Å². The number of carbonyl (C=O) groups excluding carboxylic acids is 1. The van der Waals surface area contributed by atoms with Gasteiger partial charge in [-0.3, -0.25) is 4.79 Å². The molecule has 2 aromatic rings. The Morgan fingerprint density at radius 1 is 1.19 bits per heavy atom. The van der Waals surface area contributed by atoms with E-state index in [-0.39, 0.29) is 24.5 Å². The third-order valence-electron chi connectivity index (χ3n) is 3.85. The molecule has 4 heteroatoms. The van der Waals surface area contributed by atoms with Gasteiger partial charge in [0.25, 0.3) is 0 Å². The first-order valence-corrected chi connectivity index (χ1v) is 7.08. The summed E-state index contributed by atoms with van der Waals surface area (Å²) in [4.78, 5) is 12.5. The highest BCUT2D eigenvalue weighted by Gasteiger charge is 2.29. The van der Waals surface area contributed by atoms with Gasteiger partial charge in [0.15, 0.2) is 0 Å². The normalized spacial score (nSPS) is 17.7. The quantitative estimate of drug-likeness (QED) is 0.804. The maximum atomic E-state index is 12.5. The largest absolute Gasteiger partial charge is 0.394 e. The SMILES string of the molecule is O=C(N[C@H](CO)c1ccccc1)C1CNc2ccccc21. The summed E-state index contributed by atoms with van der Waals surface area (Å²) < 4.78 is 0. The van der Waals surface area contributed by atoms with Crippen molar-refractivity contribution in [3.8, 4) is 0 Å². The fraction of sp³-hybridized carbons (Fsp3) is 0.235. The minimum Gasteiger partial charge on any atom is -0.394 e. The average Bonchev–Trinajstić information content (AvgIpc) is 2.97. The maximum Gasteiger partial charge on any atom is 0.229 e. The molecule has 3 rings (SSSR count). The lowest BCUT2D eigenvalue weighted by Gasteiger charge is -2.19. The molecule has 1 heterocycles. The van der Waals surface area contributed by atoms with Crippen molar-refractivity contribution in [2.75, 3.05) is 18.5 Å². The molecule has 0 saturated carbocycles. The van der Waals surface area contributed by atoms with E-state index in [1.54, 1.807) is 0 Å². The molecule has 0 bridgehead atoms. The van der Waals surface area contributed by atoms with Gasteiger partial charge in [0.05, 0.1) is 18.6 Å². The Bertz CT molecular complexity index is 628. The second-order valence-corrected chi connectivity index (χ2v) is 5.18. The molecule has 2 atom stereocenters. The molecular formula is C17H18N2O2. The van der Waals surface area contributed by atoms with Crippen LogP contribution in [0, 0.1) is 0 Å². The Morgan fingerprint density at radius 3 is 2.67 bits per heavy atom. The van der Waals surface area contributed by atoms with E-state index in [0.717, 1.165) is 16.8 Å². The summed E-state index contributed by atoms with van der Waals surface area (Å²) in [6, 6.07) is 17.0. The van der Waals surface area contributed by atoms with Crippen LogP contribution >= 0.6 is 0 Å². The third kappa shape index (κ3) is 2.76. The fourth-order valence-corrected chi connectivity index (χ4v) is 2.71. The highest BCUT2D eigenvalue weighted by molar-refractivity contribution is 5.88. The number of anilines is 1. The molecular weight excluding hydrogens is 264 g/mol. The van der Waals surface area contributed by atoms with E-state index < -0.39 is 0 Å². The first kappa shape index (κ1) is 13.6. The second kappa shape index (κ2) is 5.97. The van der Waals surface area contributed by atoms with E-state index in [1.165, 1.54) is 0 Å². The fourth-order valence-electron chi connectivity index (χ4n) is 2.71. The van der Waals surface area contributed by atoms with Gasteiger partial charge in [-0.2, -0.15) is 0 Å². The van der Waals surface area contributed by atoms with Crippen LogP contribution in [-0.2, 0) is 4.79 Å². The molecule has 1 unspecified atom stereocenters. The van der Waals surface area contributed by atoms with Gasteiger partial charge in [-0.05, 0) is 17.2 Å². The molecule has 0 spiro atoms. The van der Waals surface area contributed by atoms with Gasteiger partial charge in [0, 0.05) is 12.2 Å². The van der Waals surface area contributed by atoms with Crippen molar-refractivity contribution in [2.45, 2.75) is 12.0 Å². The number of aliphatic hydroxyl groups excluding tert-OH is 1. The van der Waals surface area contributed by atoms with Gasteiger partial charge in [-0.15, -0.1) is 0 Å². The Labute approximate surface area is 123 Å². The number of nitrogens with one attached hydrogen (secondary N) is 2. The smallest absolute Gasteiger partial charge is 0.229 e. The molecule has 108 valence electrons. The Kier molecular flexibility index (Phi) is 3.88. The van der Waals surface area contributed by atoms with Gasteiger partial charge >= 0.3 is 0 Å². The van der Waals surface area contributed by atoms with E-state index in [0.29, 0.717) is 6.54 Å². The van der Waals surface area contributed by atoms with Gasteiger partial charge in [-0.25, -0.2) is 0 Å². The van der Waals surface area contributed by atoms with Crippen molar-refractivity contribution in [1.29, 1.82) is 0 Å². The van der Waals surface area contributed by atoms with Crippen molar-refractivity contribution in [3.63, 3.8) is 0 Å². The number of para-hydroxylation sites is 1. The number of benzene rings is 2. The average molecular weight is 282 g/mol. The van der Waals surface area contributed by atoms with Crippen LogP contribution in [0.25, 0.3) is 0 Å². The molecule has 0 fully saturated rings. The van der Waals surface area contributed by atoms with E-state index in [2.05, 4.69) is 10.6 Å². The first-order chi connectivity index (χ1) is 10.3. The van der Waals surface area contributed by atoms with E-state index in [1.807, 2.05) is 54.6 Å². The summed E-state index contributed by atoms with van der Waals surface area (Å²) in [5, 5.41) is 15.7. The molecule has 4 nitrogen and oxygen atoms in total. The molecule has 1 aliphatic heterocycles. The number of hydrogen-bond acceptors (Lipinski definition) is 3. The molecule has 0 aliphatic carbocycles. The summed E-state index contributed by atoms with van der Waals surface area (Å²) in [6.07, 6.45) is 0. The summed E-state index contributed by atoms with van der Waals surface area (Å²) >= 11 is 0. The molecule has 1 amide bonds. The van der Waals surface area contributed by atoms with Crippen molar-refractivity contribution in [1.82, 2.24) is 5.32 Å². The van der Waals surface area contributed by atoms with Gasteiger partial charge in [0.2, 0.25) is 5.91 Å². The maximum absolute atomic E-state index is 12.5. The molecule has 0 aromatic heterocycles. The van der Waals surface area contributed by atoms with E-state index >= 15 is 0 Å². The molecule has 1 aliphatic rings. The summed E-state index contributed by atoms with van der Waals surface area (Å²) in [5.41, 5.74) is 2.94. The van der Waals surface area contributed by atoms with Gasteiger partial charge in [-0.1, -0.05) is 48.5 Å². The zero-order chi connectivity index (χ0) is 14.7. The molecule has 3 N–H and O–H groups in total. The van der Waals surface area contributed by atoms with Crippen LogP contribution in [0.1, 0.15) is 23.1 Å². The van der Waals surface area contributed by atoms with Crippen LogP contribution in [-0.4, -0.2) is 24.2 Å². The zero-order valence-corrected chi connectivity index (χ0v) is 11.6. The van der Waals surface area contributed by atoms with Crippen molar-refractivity contribution >= 4 is 11.6 Å². The first-order valence-electron chi connectivity index (χ1n) is 7.08. The van der Waals surface area contributed by atoms with E-state index in [4.69, 9.17) is 0 Å². The minimum absolute atomic E-state index is 0.0599. The Balaban J connectivity index is 1.75. The second-order valence-electron chi connectivity index (χ2n) is 5.18. The highest BCUT2D eigenvalue weighted by atomic mass is 16.3. The summed E-state index contributed by atoms with van der Waals surface area (Å²) in [7, 11) is 0. The van der Waals surface area contributed by atoms with Crippen LogP contribution in [0.3, 0.4) is 0 Å². The van der Waals surface area contributed by atoms with Crippen LogP contribution in [0.2, 0.25) is 0 Å². The standard InChI is InChI=1S/C17H18N2O2/c20-11-16(12-6-2-1-3-7-12)19-17(21)14-10-18-15-9-5-4-8-13(14)15/h1-9,14,16,18,20H,10-11H2,(H,19,21)/t14?,16-/m1/s1. The number of rotatable bonds is 4. The van der Waals surface area contributed by atoms with Crippen molar-refractivity contribution < 1.29 is 9.90 Å². The summed E-state index contributed by atoms with van der Waals surface area (Å²) in [5.74, 6) is -0.269. The predicted molar refractivity (Wildman–Crippen MR) is 82.1 cm³/mol. The molecule has 0 saturated heterocycles. The zero-order valence-electron chi connectivity index (χ0n) is 11.6. The monoisotopic (exact) mass is 282 g/mol. The Morgan fingerprint density at radius 2 is 1.90 bits per heavy atom. The number of carbonyl (C=O) groups is 1. The highest BCUT2D eigenvalue weighted by Crippen LogP contribution is 2.31. The number of fused-ring (bicyclic) bond motifs is 1. The van der Waals surface area contributed by atoms with E-state index in [9.17, 15) is 9.90 Å². The molecule has 0 radical (unpaired) electrons. The van der Waals surface area contributed by atoms with Crippen molar-refractivity contribution in [3.05, 3.63) is 65.7 Å². The lowest BCUT2D eigenvalue weighted by atomic mass is 9.99. The molecule has 2 aromatic carbocycles. The minimum atomic E-state index is -0.369. The van der Waals surface area contributed by atoms with Crippen LogP contribution in [0.15, 0.2) is 54.6 Å². The molecule has 21 heavy (non-hydrogen) atoms. The van der Waals surface area contributed by atoms with Gasteiger partial charge < -0.3 is 15.7 Å².